The van der Waals surface area contributed by atoms with Gasteiger partial charge in [-0.25, -0.2) is 0 Å². The number of hydrogen-bond acceptors (Lipinski definition) is 2. The average molecular weight is 236 g/mol. The Kier molecular flexibility index (Phi) is 5.48. The summed E-state index contributed by atoms with van der Waals surface area (Å²) >= 11 is 0. The van der Waals surface area contributed by atoms with Gasteiger partial charge in [0.25, 0.3) is 0 Å². The molecule has 96 valence electrons. The largest absolute Gasteiger partial charge is 0.498 e. The van der Waals surface area contributed by atoms with Crippen LogP contribution >= 0.6 is 0 Å². The Hall–Kier alpha value is -1.23. The van der Waals surface area contributed by atoms with Crippen molar-refractivity contribution in [3.8, 4) is 11.8 Å². The zero-order valence-corrected chi connectivity index (χ0v) is 12.1. The molecule has 0 aromatic heterocycles. The average Bonchev–Trinajstić information content (AvgIpc) is 2.11. The standard InChI is InChI=1S/C15H24O2/c1-8-17-13(15(5,6)7)11-12(16)9-10-14(2,3)4/h11H,8H2,1-7H3/b13-11-. The first-order valence-corrected chi connectivity index (χ1v) is 5.98. The van der Waals surface area contributed by atoms with Crippen LogP contribution in [0.15, 0.2) is 11.8 Å². The van der Waals surface area contributed by atoms with Crippen LogP contribution in [0.1, 0.15) is 48.5 Å². The maximum Gasteiger partial charge on any atom is 0.232 e. The number of allylic oxidation sites excluding steroid dienone is 2. The second-order valence-corrected chi connectivity index (χ2v) is 6.06. The molecule has 0 heterocycles. The Morgan fingerprint density at radius 1 is 1.18 bits per heavy atom. The van der Waals surface area contributed by atoms with Crippen molar-refractivity contribution in [3.05, 3.63) is 11.8 Å². The van der Waals surface area contributed by atoms with E-state index < -0.39 is 0 Å². The van der Waals surface area contributed by atoms with E-state index in [0.29, 0.717) is 12.4 Å². The van der Waals surface area contributed by atoms with Gasteiger partial charge in [-0.2, -0.15) is 0 Å². The summed E-state index contributed by atoms with van der Waals surface area (Å²) in [6.07, 6.45) is 1.50. The maximum absolute atomic E-state index is 11.7. The van der Waals surface area contributed by atoms with E-state index in [1.54, 1.807) is 0 Å². The number of rotatable bonds is 3. The second-order valence-electron chi connectivity index (χ2n) is 6.06. The molecule has 0 fully saturated rings. The molecule has 0 unspecified atom stereocenters. The van der Waals surface area contributed by atoms with Crippen LogP contribution in [0.2, 0.25) is 0 Å². The zero-order valence-electron chi connectivity index (χ0n) is 12.1. The molecule has 0 aliphatic rings. The highest BCUT2D eigenvalue weighted by Gasteiger charge is 2.19. The molecule has 0 saturated heterocycles. The molecule has 0 aliphatic heterocycles. The van der Waals surface area contributed by atoms with Crippen molar-refractivity contribution in [2.24, 2.45) is 10.8 Å². The molecule has 0 rings (SSSR count). The zero-order chi connectivity index (χ0) is 13.7. The van der Waals surface area contributed by atoms with Crippen LogP contribution in [0, 0.1) is 22.7 Å². The third-order valence-electron chi connectivity index (χ3n) is 1.86. The smallest absolute Gasteiger partial charge is 0.232 e. The fourth-order valence-corrected chi connectivity index (χ4v) is 1.03. The molecular formula is C15H24O2. The molecule has 2 nitrogen and oxygen atoms in total. The third kappa shape index (κ3) is 7.63. The van der Waals surface area contributed by atoms with E-state index in [4.69, 9.17) is 4.74 Å². The van der Waals surface area contributed by atoms with Crippen molar-refractivity contribution >= 4 is 5.78 Å². The monoisotopic (exact) mass is 236 g/mol. The minimum Gasteiger partial charge on any atom is -0.498 e. The van der Waals surface area contributed by atoms with Gasteiger partial charge in [0.1, 0.15) is 5.76 Å². The summed E-state index contributed by atoms with van der Waals surface area (Å²) in [5, 5.41) is 0. The minimum absolute atomic E-state index is 0.156. The maximum atomic E-state index is 11.7. The summed E-state index contributed by atoms with van der Waals surface area (Å²) in [4.78, 5) is 11.7. The summed E-state index contributed by atoms with van der Waals surface area (Å²) < 4.78 is 5.48. The lowest BCUT2D eigenvalue weighted by atomic mass is 9.92. The van der Waals surface area contributed by atoms with Crippen molar-refractivity contribution in [1.82, 2.24) is 0 Å². The lowest BCUT2D eigenvalue weighted by Gasteiger charge is -2.22. The van der Waals surface area contributed by atoms with Crippen LogP contribution in [0.5, 0.6) is 0 Å². The quantitative estimate of drug-likeness (QED) is 0.324. The van der Waals surface area contributed by atoms with Gasteiger partial charge >= 0.3 is 0 Å². The number of carbonyl (C=O) groups excluding carboxylic acids is 1. The third-order valence-corrected chi connectivity index (χ3v) is 1.86. The molecule has 2 heteroatoms. The summed E-state index contributed by atoms with van der Waals surface area (Å²) in [5.74, 6) is 6.05. The predicted octanol–water partition coefficient (Wildman–Crippen LogP) is 3.57. The lowest BCUT2D eigenvalue weighted by Crippen LogP contribution is -2.14. The number of ketones is 1. The summed E-state index contributed by atoms with van der Waals surface area (Å²) in [6.45, 7) is 14.4. The van der Waals surface area contributed by atoms with Crippen LogP contribution in [0.3, 0.4) is 0 Å². The van der Waals surface area contributed by atoms with Crippen LogP contribution in [0.25, 0.3) is 0 Å². The summed E-state index contributed by atoms with van der Waals surface area (Å²) in [7, 11) is 0. The normalized spacial score (nSPS) is 12.8. The summed E-state index contributed by atoms with van der Waals surface area (Å²) in [5.41, 5.74) is -0.327. The van der Waals surface area contributed by atoms with Gasteiger partial charge in [-0.3, -0.25) is 4.79 Å². The topological polar surface area (TPSA) is 26.3 Å². The lowest BCUT2D eigenvalue weighted by molar-refractivity contribution is -0.110. The highest BCUT2D eigenvalue weighted by Crippen LogP contribution is 2.25. The molecule has 17 heavy (non-hydrogen) atoms. The Morgan fingerprint density at radius 2 is 1.71 bits per heavy atom. The van der Waals surface area contributed by atoms with Gasteiger partial charge in [-0.15, -0.1) is 0 Å². The van der Waals surface area contributed by atoms with Crippen LogP contribution in [0.4, 0.5) is 0 Å². The molecule has 0 saturated carbocycles. The molecule has 0 spiro atoms. The Balaban J connectivity index is 4.95. The Morgan fingerprint density at radius 3 is 2.06 bits per heavy atom. The van der Waals surface area contributed by atoms with Crippen LogP contribution in [-0.4, -0.2) is 12.4 Å². The van der Waals surface area contributed by atoms with E-state index in [1.807, 2.05) is 48.5 Å². The molecular weight excluding hydrogens is 212 g/mol. The molecule has 0 radical (unpaired) electrons. The van der Waals surface area contributed by atoms with E-state index in [-0.39, 0.29) is 16.6 Å². The highest BCUT2D eigenvalue weighted by atomic mass is 16.5. The molecule has 0 bridgehead atoms. The minimum atomic E-state index is -0.196. The number of hydrogen-bond donors (Lipinski definition) is 0. The predicted molar refractivity (Wildman–Crippen MR) is 71.4 cm³/mol. The fraction of sp³-hybridized carbons (Fsp3) is 0.667. The van der Waals surface area contributed by atoms with Gasteiger partial charge in [0, 0.05) is 16.9 Å². The molecule has 0 aromatic rings. The van der Waals surface area contributed by atoms with Gasteiger partial charge in [-0.05, 0) is 33.6 Å². The van der Waals surface area contributed by atoms with Crippen LogP contribution in [-0.2, 0) is 9.53 Å². The molecule has 0 aliphatic carbocycles. The van der Waals surface area contributed by atoms with E-state index in [0.717, 1.165) is 0 Å². The van der Waals surface area contributed by atoms with Crippen molar-refractivity contribution in [3.63, 3.8) is 0 Å². The van der Waals surface area contributed by atoms with Gasteiger partial charge < -0.3 is 4.74 Å². The van der Waals surface area contributed by atoms with E-state index >= 15 is 0 Å². The van der Waals surface area contributed by atoms with Crippen molar-refractivity contribution in [1.29, 1.82) is 0 Å². The van der Waals surface area contributed by atoms with Gasteiger partial charge in [0.05, 0.1) is 6.61 Å². The van der Waals surface area contributed by atoms with Crippen LogP contribution < -0.4 is 0 Å². The van der Waals surface area contributed by atoms with E-state index in [1.165, 1.54) is 6.08 Å². The van der Waals surface area contributed by atoms with Crippen molar-refractivity contribution in [2.75, 3.05) is 6.61 Å². The fourth-order valence-electron chi connectivity index (χ4n) is 1.03. The van der Waals surface area contributed by atoms with E-state index in [9.17, 15) is 4.79 Å². The first-order valence-electron chi connectivity index (χ1n) is 5.98. The number of carbonyl (C=O) groups is 1. The van der Waals surface area contributed by atoms with Crippen molar-refractivity contribution < 1.29 is 9.53 Å². The first-order chi connectivity index (χ1) is 7.56. The molecule has 0 atom stereocenters. The molecule has 0 N–H and O–H groups in total. The Labute approximate surface area is 105 Å². The van der Waals surface area contributed by atoms with E-state index in [2.05, 4.69) is 11.8 Å². The SMILES string of the molecule is CCO/C(=C\C(=O)C#CC(C)(C)C)C(C)(C)C. The molecule has 0 aromatic carbocycles. The Bertz CT molecular complexity index is 351. The van der Waals surface area contributed by atoms with Crippen molar-refractivity contribution in [2.45, 2.75) is 48.5 Å². The first kappa shape index (κ1) is 15.8. The van der Waals surface area contributed by atoms with Gasteiger partial charge in [0.15, 0.2) is 0 Å². The van der Waals surface area contributed by atoms with Gasteiger partial charge in [-0.1, -0.05) is 26.7 Å². The molecule has 0 amide bonds. The summed E-state index contributed by atoms with van der Waals surface area (Å²) in [6, 6.07) is 0. The number of ether oxygens (including phenoxy) is 1. The second kappa shape index (κ2) is 5.91. The van der Waals surface area contributed by atoms with Gasteiger partial charge in [0.2, 0.25) is 5.78 Å². The highest BCUT2D eigenvalue weighted by molar-refractivity contribution is 6.04.